The van der Waals surface area contributed by atoms with Gasteiger partial charge in [-0.05, 0) is 22.9 Å². The second-order valence-corrected chi connectivity index (χ2v) is 10.1. The number of pyridine rings is 1. The van der Waals surface area contributed by atoms with E-state index in [0.717, 1.165) is 15.6 Å². The van der Waals surface area contributed by atoms with Crippen molar-refractivity contribution in [3.63, 3.8) is 0 Å². The minimum absolute atomic E-state index is 0.0647. The molecular weight excluding hydrogens is 483 g/mol. The number of alkyl halides is 1. The molecule has 188 valence electrons. The highest BCUT2D eigenvalue weighted by atomic mass is 32.1. The number of aromatic nitrogens is 1. The zero-order valence-corrected chi connectivity index (χ0v) is 20.9. The van der Waals surface area contributed by atoms with E-state index in [1.165, 1.54) is 11.3 Å². The molecule has 1 aliphatic rings. The Labute approximate surface area is 212 Å². The minimum atomic E-state index is -1.34. The zero-order chi connectivity index (χ0) is 25.7. The molecule has 0 unspecified atom stereocenters. The van der Waals surface area contributed by atoms with Crippen LogP contribution in [-0.4, -0.2) is 40.5 Å². The first-order chi connectivity index (χ1) is 17.3. The number of esters is 1. The van der Waals surface area contributed by atoms with Crippen LogP contribution in [0.15, 0.2) is 59.2 Å². The fraction of sp³-hybridized carbons (Fsp3) is 0.370. The van der Waals surface area contributed by atoms with E-state index in [1.54, 1.807) is 6.20 Å². The number of Topliss-reactive ketones (excluding diaryl/α,β-unsaturated/α-hetero) is 2. The van der Waals surface area contributed by atoms with Gasteiger partial charge in [0.25, 0.3) is 0 Å². The zero-order valence-electron chi connectivity index (χ0n) is 20.1. The summed E-state index contributed by atoms with van der Waals surface area (Å²) in [6.07, 6.45) is 1.10. The van der Waals surface area contributed by atoms with Crippen molar-refractivity contribution in [1.82, 2.24) is 4.98 Å². The summed E-state index contributed by atoms with van der Waals surface area (Å²) in [6.45, 7) is 2.45. The Morgan fingerprint density at radius 2 is 1.94 bits per heavy atom. The molecule has 0 saturated carbocycles. The number of ether oxygens (including phenoxy) is 1. The lowest BCUT2D eigenvalue weighted by Gasteiger charge is -2.30. The lowest BCUT2D eigenvalue weighted by Crippen LogP contribution is -2.45. The number of carbonyl (C=O) groups is 3. The predicted octanol–water partition coefficient (Wildman–Crippen LogP) is 5.06. The Kier molecular flexibility index (Phi) is 7.88. The number of hydrogen-bond acceptors (Lipinski definition) is 8. The minimum Gasteiger partial charge on any atom is -0.460 e. The summed E-state index contributed by atoms with van der Waals surface area (Å²) in [5.74, 6) is -3.32. The molecule has 0 bridgehead atoms. The number of oxime groups is 1. The van der Waals surface area contributed by atoms with Crippen LogP contribution in [-0.2, 0) is 30.6 Å². The lowest BCUT2D eigenvalue weighted by atomic mass is 9.77. The molecule has 1 aromatic carbocycles. The van der Waals surface area contributed by atoms with Crippen LogP contribution in [0.2, 0.25) is 0 Å². The quantitative estimate of drug-likeness (QED) is 0.335. The number of fused-ring (bicyclic) bond motifs is 1. The Morgan fingerprint density at radius 3 is 2.67 bits per heavy atom. The Morgan fingerprint density at radius 1 is 1.14 bits per heavy atom. The van der Waals surface area contributed by atoms with Crippen LogP contribution < -0.4 is 0 Å². The van der Waals surface area contributed by atoms with E-state index >= 15 is 0 Å². The summed E-state index contributed by atoms with van der Waals surface area (Å²) in [6, 6.07) is 13.2. The molecule has 2 aromatic heterocycles. The maximum Gasteiger partial charge on any atom is 0.306 e. The molecule has 0 spiro atoms. The predicted molar refractivity (Wildman–Crippen MR) is 134 cm³/mol. The number of halogens is 1. The van der Waals surface area contributed by atoms with Crippen molar-refractivity contribution in [2.75, 3.05) is 6.67 Å². The van der Waals surface area contributed by atoms with Gasteiger partial charge in [0.15, 0.2) is 11.6 Å². The van der Waals surface area contributed by atoms with Crippen molar-refractivity contribution in [2.45, 2.75) is 45.3 Å². The van der Waals surface area contributed by atoms with E-state index in [4.69, 9.17) is 9.57 Å². The maximum atomic E-state index is 13.6. The topological polar surface area (TPSA) is 94.9 Å². The summed E-state index contributed by atoms with van der Waals surface area (Å²) < 4.78 is 18.6. The third-order valence-electron chi connectivity index (χ3n) is 6.49. The highest BCUT2D eigenvalue weighted by Gasteiger charge is 2.50. The van der Waals surface area contributed by atoms with Gasteiger partial charge in [-0.15, -0.1) is 11.3 Å². The van der Waals surface area contributed by atoms with Gasteiger partial charge in [-0.1, -0.05) is 49.3 Å². The van der Waals surface area contributed by atoms with Gasteiger partial charge in [-0.25, -0.2) is 4.39 Å². The summed E-state index contributed by atoms with van der Waals surface area (Å²) in [5, 5.41) is 7.95. The van der Waals surface area contributed by atoms with E-state index in [0.29, 0.717) is 11.4 Å². The third-order valence-corrected chi connectivity index (χ3v) is 7.34. The molecule has 3 heterocycles. The molecule has 4 rings (SSSR count). The standard InChI is InChI=1S/C27H27FN2O5S/c1-17(2)27(14-22(30-35-27)26-21-8-4-3-6-18(21)9-10-29-26)24(32)12-19(23(31)15-28)13-25(33)34-16-20-7-5-11-36-20/h3-11,17,19H,12-16H2,1-2H3/t19-,27+/m0/s1. The van der Waals surface area contributed by atoms with E-state index in [9.17, 15) is 18.8 Å². The molecule has 9 heteroatoms. The normalized spacial score (nSPS) is 18.1. The van der Waals surface area contributed by atoms with Crippen LogP contribution >= 0.6 is 11.3 Å². The SMILES string of the molecule is CC(C)[C@@]1(C(=O)C[C@@H](CC(=O)OCc2cccs2)C(=O)CF)CC(c2nccc3ccccc23)=NO1. The summed E-state index contributed by atoms with van der Waals surface area (Å²) >= 11 is 1.43. The molecular formula is C27H27FN2O5S. The van der Waals surface area contributed by atoms with Crippen molar-refractivity contribution < 1.29 is 28.3 Å². The highest BCUT2D eigenvalue weighted by Crippen LogP contribution is 2.37. The fourth-order valence-corrected chi connectivity index (χ4v) is 4.94. The van der Waals surface area contributed by atoms with Gasteiger partial charge >= 0.3 is 5.97 Å². The molecule has 36 heavy (non-hydrogen) atoms. The van der Waals surface area contributed by atoms with E-state index in [1.807, 2.05) is 61.7 Å². The first kappa shape index (κ1) is 25.6. The number of nitrogens with zero attached hydrogens (tertiary/aromatic N) is 2. The first-order valence-corrected chi connectivity index (χ1v) is 12.6. The molecule has 1 aliphatic heterocycles. The van der Waals surface area contributed by atoms with Crippen LogP contribution in [0, 0.1) is 11.8 Å². The number of rotatable bonds is 11. The maximum absolute atomic E-state index is 13.6. The van der Waals surface area contributed by atoms with Crippen LogP contribution in [0.5, 0.6) is 0 Å². The average molecular weight is 511 g/mol. The number of hydrogen-bond donors (Lipinski definition) is 0. The van der Waals surface area contributed by atoms with Gasteiger partial charge in [0.2, 0.25) is 5.60 Å². The van der Waals surface area contributed by atoms with Crippen LogP contribution in [0.1, 0.15) is 43.7 Å². The molecule has 0 fully saturated rings. The van der Waals surface area contributed by atoms with E-state index in [2.05, 4.69) is 10.1 Å². The molecule has 2 atom stereocenters. The van der Waals surface area contributed by atoms with Crippen molar-refractivity contribution in [2.24, 2.45) is 17.0 Å². The number of benzene rings is 1. The fourth-order valence-electron chi connectivity index (χ4n) is 4.32. The van der Waals surface area contributed by atoms with Gasteiger partial charge in [0, 0.05) is 41.1 Å². The summed E-state index contributed by atoms with van der Waals surface area (Å²) in [7, 11) is 0. The van der Waals surface area contributed by atoms with Gasteiger partial charge in [0.1, 0.15) is 19.0 Å². The second-order valence-electron chi connectivity index (χ2n) is 9.10. The summed E-state index contributed by atoms with van der Waals surface area (Å²) in [4.78, 5) is 49.4. The van der Waals surface area contributed by atoms with Gasteiger partial charge < -0.3 is 9.57 Å². The van der Waals surface area contributed by atoms with Gasteiger partial charge in [-0.2, -0.15) is 0 Å². The molecule has 0 saturated heterocycles. The smallest absolute Gasteiger partial charge is 0.306 e. The molecule has 3 aromatic rings. The monoisotopic (exact) mass is 510 g/mol. The van der Waals surface area contributed by atoms with Crippen LogP contribution in [0.4, 0.5) is 4.39 Å². The lowest BCUT2D eigenvalue weighted by molar-refractivity contribution is -0.152. The second kappa shape index (κ2) is 11.1. The number of ketones is 2. The first-order valence-electron chi connectivity index (χ1n) is 11.7. The van der Waals surface area contributed by atoms with E-state index < -0.39 is 35.7 Å². The van der Waals surface area contributed by atoms with Crippen molar-refractivity contribution in [1.29, 1.82) is 0 Å². The Balaban J connectivity index is 1.49. The molecule has 0 amide bonds. The van der Waals surface area contributed by atoms with Crippen LogP contribution in [0.3, 0.4) is 0 Å². The largest absolute Gasteiger partial charge is 0.460 e. The van der Waals surface area contributed by atoms with Crippen molar-refractivity contribution in [3.05, 3.63) is 64.6 Å². The highest BCUT2D eigenvalue weighted by molar-refractivity contribution is 7.09. The Hall–Kier alpha value is -3.46. The average Bonchev–Trinajstić information content (AvgIpc) is 3.57. The van der Waals surface area contributed by atoms with Gasteiger partial charge in [-0.3, -0.25) is 19.4 Å². The number of carbonyl (C=O) groups excluding carboxylic acids is 3. The molecule has 0 radical (unpaired) electrons. The third kappa shape index (κ3) is 5.36. The van der Waals surface area contributed by atoms with Crippen molar-refractivity contribution in [3.8, 4) is 0 Å². The summed E-state index contributed by atoms with van der Waals surface area (Å²) in [5.41, 5.74) is -0.196. The molecule has 7 nitrogen and oxygen atoms in total. The molecule has 0 N–H and O–H groups in total. The molecule has 0 aliphatic carbocycles. The van der Waals surface area contributed by atoms with Crippen molar-refractivity contribution >= 4 is 45.4 Å². The van der Waals surface area contributed by atoms with Crippen LogP contribution in [0.25, 0.3) is 10.8 Å². The Bertz CT molecular complexity index is 1290. The van der Waals surface area contributed by atoms with Gasteiger partial charge in [0.05, 0.1) is 12.1 Å². The number of thiophene rings is 1. The van der Waals surface area contributed by atoms with E-state index in [-0.39, 0.29) is 31.8 Å².